The van der Waals surface area contributed by atoms with Crippen molar-refractivity contribution in [3.05, 3.63) is 52.9 Å². The van der Waals surface area contributed by atoms with Crippen LogP contribution in [0.5, 0.6) is 0 Å². The summed E-state index contributed by atoms with van der Waals surface area (Å²) in [5.41, 5.74) is 8.23. The third kappa shape index (κ3) is 2.72. The SMILES string of the molecule is CCc1cccc(Cc2cc(C(N)=O)on2)c1. The number of benzene rings is 1. The maximum atomic E-state index is 10.9. The zero-order valence-electron chi connectivity index (χ0n) is 9.64. The summed E-state index contributed by atoms with van der Waals surface area (Å²) in [6.45, 7) is 2.11. The summed E-state index contributed by atoms with van der Waals surface area (Å²) in [6, 6.07) is 9.84. The summed E-state index contributed by atoms with van der Waals surface area (Å²) < 4.78 is 4.83. The second-order valence-electron chi connectivity index (χ2n) is 3.90. The van der Waals surface area contributed by atoms with Gasteiger partial charge in [0.05, 0.1) is 5.69 Å². The van der Waals surface area contributed by atoms with Crippen LogP contribution in [0.25, 0.3) is 0 Å². The summed E-state index contributed by atoms with van der Waals surface area (Å²) in [5.74, 6) is -0.488. The van der Waals surface area contributed by atoms with Crippen molar-refractivity contribution in [1.82, 2.24) is 5.16 Å². The maximum Gasteiger partial charge on any atom is 0.287 e. The smallest absolute Gasteiger partial charge is 0.287 e. The topological polar surface area (TPSA) is 69.1 Å². The molecule has 1 aromatic carbocycles. The number of aryl methyl sites for hydroxylation is 1. The Hall–Kier alpha value is -2.10. The maximum absolute atomic E-state index is 10.9. The molecule has 4 heteroatoms. The Labute approximate surface area is 99.4 Å². The van der Waals surface area contributed by atoms with Gasteiger partial charge >= 0.3 is 0 Å². The number of amides is 1. The second kappa shape index (κ2) is 4.82. The molecule has 88 valence electrons. The van der Waals surface area contributed by atoms with E-state index < -0.39 is 5.91 Å². The molecule has 2 aromatic rings. The standard InChI is InChI=1S/C13H14N2O2/c1-2-9-4-3-5-10(6-9)7-11-8-12(13(14)16)17-15-11/h3-6,8H,2,7H2,1H3,(H2,14,16). The molecule has 0 atom stereocenters. The molecule has 0 unspecified atom stereocenters. The van der Waals surface area contributed by atoms with E-state index in [0.29, 0.717) is 12.1 Å². The van der Waals surface area contributed by atoms with E-state index in [1.807, 2.05) is 12.1 Å². The van der Waals surface area contributed by atoms with E-state index in [4.69, 9.17) is 10.3 Å². The number of hydrogen-bond donors (Lipinski definition) is 1. The molecule has 4 nitrogen and oxygen atoms in total. The van der Waals surface area contributed by atoms with Crippen molar-refractivity contribution in [3.63, 3.8) is 0 Å². The first-order chi connectivity index (χ1) is 8.19. The highest BCUT2D eigenvalue weighted by Gasteiger charge is 2.09. The fraction of sp³-hybridized carbons (Fsp3) is 0.231. The van der Waals surface area contributed by atoms with Gasteiger partial charge in [-0.3, -0.25) is 4.79 Å². The van der Waals surface area contributed by atoms with E-state index in [1.54, 1.807) is 6.07 Å². The Morgan fingerprint density at radius 1 is 1.35 bits per heavy atom. The van der Waals surface area contributed by atoms with Gasteiger partial charge in [-0.2, -0.15) is 0 Å². The van der Waals surface area contributed by atoms with Gasteiger partial charge in [-0.05, 0) is 17.5 Å². The average molecular weight is 230 g/mol. The molecular weight excluding hydrogens is 216 g/mol. The molecule has 1 aromatic heterocycles. The lowest BCUT2D eigenvalue weighted by Crippen LogP contribution is -2.09. The molecule has 2 N–H and O–H groups in total. The fourth-order valence-corrected chi connectivity index (χ4v) is 1.68. The number of primary amides is 1. The zero-order chi connectivity index (χ0) is 12.3. The van der Waals surface area contributed by atoms with Crippen LogP contribution in [0.1, 0.15) is 34.3 Å². The van der Waals surface area contributed by atoms with Crippen molar-refractivity contribution < 1.29 is 9.32 Å². The van der Waals surface area contributed by atoms with Gasteiger partial charge in [-0.25, -0.2) is 0 Å². The molecule has 0 bridgehead atoms. The normalized spacial score (nSPS) is 10.4. The first-order valence-electron chi connectivity index (χ1n) is 5.52. The summed E-state index contributed by atoms with van der Waals surface area (Å²) in [5, 5.41) is 3.81. The number of carbonyl (C=O) groups excluding carboxylic acids is 1. The lowest BCUT2D eigenvalue weighted by atomic mass is 10.1. The lowest BCUT2D eigenvalue weighted by Gasteiger charge is -2.00. The average Bonchev–Trinajstić information content (AvgIpc) is 2.78. The minimum absolute atomic E-state index is 0.103. The van der Waals surface area contributed by atoms with Gasteiger partial charge in [-0.15, -0.1) is 0 Å². The van der Waals surface area contributed by atoms with Crippen LogP contribution in [0.15, 0.2) is 34.9 Å². The predicted molar refractivity (Wildman–Crippen MR) is 63.6 cm³/mol. The highest BCUT2D eigenvalue weighted by molar-refractivity contribution is 5.89. The van der Waals surface area contributed by atoms with Gasteiger partial charge in [0.1, 0.15) is 0 Å². The van der Waals surface area contributed by atoms with Crippen molar-refractivity contribution >= 4 is 5.91 Å². The molecule has 1 heterocycles. The van der Waals surface area contributed by atoms with Gasteiger partial charge in [0.2, 0.25) is 5.76 Å². The lowest BCUT2D eigenvalue weighted by molar-refractivity contribution is 0.0965. The van der Waals surface area contributed by atoms with E-state index in [0.717, 1.165) is 12.0 Å². The van der Waals surface area contributed by atoms with Crippen LogP contribution in [-0.4, -0.2) is 11.1 Å². The molecular formula is C13H14N2O2. The van der Waals surface area contributed by atoms with Gasteiger partial charge < -0.3 is 10.3 Å². The van der Waals surface area contributed by atoms with Crippen LogP contribution < -0.4 is 5.73 Å². The highest BCUT2D eigenvalue weighted by atomic mass is 16.5. The quantitative estimate of drug-likeness (QED) is 0.872. The van der Waals surface area contributed by atoms with Crippen LogP contribution in [-0.2, 0) is 12.8 Å². The summed E-state index contributed by atoms with van der Waals surface area (Å²) in [6.07, 6.45) is 1.64. The molecule has 0 aliphatic rings. The van der Waals surface area contributed by atoms with Crippen molar-refractivity contribution in [2.24, 2.45) is 5.73 Å². The highest BCUT2D eigenvalue weighted by Crippen LogP contribution is 2.12. The Morgan fingerprint density at radius 3 is 2.76 bits per heavy atom. The summed E-state index contributed by atoms with van der Waals surface area (Å²) in [7, 11) is 0. The molecule has 0 saturated carbocycles. The molecule has 0 fully saturated rings. The molecule has 0 aliphatic heterocycles. The molecule has 0 radical (unpaired) electrons. The minimum atomic E-state index is -0.592. The van der Waals surface area contributed by atoms with E-state index in [9.17, 15) is 4.79 Å². The van der Waals surface area contributed by atoms with Gasteiger partial charge in [-0.1, -0.05) is 36.3 Å². The summed E-state index contributed by atoms with van der Waals surface area (Å²) in [4.78, 5) is 10.9. The Kier molecular flexibility index (Phi) is 3.23. The predicted octanol–water partition coefficient (Wildman–Crippen LogP) is 1.93. The van der Waals surface area contributed by atoms with Crippen molar-refractivity contribution in [1.29, 1.82) is 0 Å². The van der Waals surface area contributed by atoms with Gasteiger partial charge in [0, 0.05) is 12.5 Å². The van der Waals surface area contributed by atoms with Crippen molar-refractivity contribution in [3.8, 4) is 0 Å². The number of nitrogens with zero attached hydrogens (tertiary/aromatic N) is 1. The molecule has 1 amide bonds. The Bertz CT molecular complexity index is 532. The van der Waals surface area contributed by atoms with Gasteiger partial charge in [0.25, 0.3) is 5.91 Å². The number of nitrogens with two attached hydrogens (primary N) is 1. The van der Waals surface area contributed by atoms with Crippen LogP contribution in [0.3, 0.4) is 0 Å². The number of aromatic nitrogens is 1. The monoisotopic (exact) mass is 230 g/mol. The molecule has 0 spiro atoms. The Balaban J connectivity index is 2.16. The molecule has 0 aliphatic carbocycles. The van der Waals surface area contributed by atoms with E-state index >= 15 is 0 Å². The van der Waals surface area contributed by atoms with Crippen molar-refractivity contribution in [2.75, 3.05) is 0 Å². The minimum Gasteiger partial charge on any atom is -0.363 e. The number of hydrogen-bond acceptors (Lipinski definition) is 3. The molecule has 2 rings (SSSR count). The first kappa shape index (κ1) is 11.4. The number of carbonyl (C=O) groups is 1. The number of rotatable bonds is 4. The van der Waals surface area contributed by atoms with E-state index in [1.165, 1.54) is 5.56 Å². The largest absolute Gasteiger partial charge is 0.363 e. The molecule has 0 saturated heterocycles. The van der Waals surface area contributed by atoms with E-state index in [-0.39, 0.29) is 5.76 Å². The molecule has 17 heavy (non-hydrogen) atoms. The van der Waals surface area contributed by atoms with Crippen LogP contribution in [0.4, 0.5) is 0 Å². The third-order valence-corrected chi connectivity index (χ3v) is 2.59. The second-order valence-corrected chi connectivity index (χ2v) is 3.90. The fourth-order valence-electron chi connectivity index (χ4n) is 1.68. The van der Waals surface area contributed by atoms with Crippen LogP contribution in [0, 0.1) is 0 Å². The van der Waals surface area contributed by atoms with E-state index in [2.05, 4.69) is 24.2 Å². The van der Waals surface area contributed by atoms with Gasteiger partial charge in [0.15, 0.2) is 0 Å². The van der Waals surface area contributed by atoms with Crippen molar-refractivity contribution in [2.45, 2.75) is 19.8 Å². The third-order valence-electron chi connectivity index (χ3n) is 2.59. The van der Waals surface area contributed by atoms with Crippen LogP contribution in [0.2, 0.25) is 0 Å². The first-order valence-corrected chi connectivity index (χ1v) is 5.52. The summed E-state index contributed by atoms with van der Waals surface area (Å²) >= 11 is 0. The Morgan fingerprint density at radius 2 is 2.12 bits per heavy atom. The zero-order valence-corrected chi connectivity index (χ0v) is 9.64. The van der Waals surface area contributed by atoms with Crippen LogP contribution >= 0.6 is 0 Å².